The Bertz CT molecular complexity index is 813. The topological polar surface area (TPSA) is 114 Å². The molecule has 0 radical (unpaired) electrons. The Labute approximate surface area is 131 Å². The van der Waals surface area contributed by atoms with Crippen molar-refractivity contribution in [3.05, 3.63) is 46.8 Å². The molecule has 0 aliphatic rings. The van der Waals surface area contributed by atoms with E-state index in [4.69, 9.17) is 16.9 Å². The van der Waals surface area contributed by atoms with E-state index >= 15 is 0 Å². The molecule has 0 fully saturated rings. The third kappa shape index (κ3) is 2.75. The summed E-state index contributed by atoms with van der Waals surface area (Å²) in [5.41, 5.74) is 15.7. The summed E-state index contributed by atoms with van der Waals surface area (Å²) < 4.78 is 0. The minimum absolute atomic E-state index is 0.200. The van der Waals surface area contributed by atoms with Gasteiger partial charge in [0.15, 0.2) is 0 Å². The SMILES string of the molecule is N=Cc1cc(Nc2ccnc(N)n2)cc(-c2ccsc2)c1N. The van der Waals surface area contributed by atoms with Crippen molar-refractivity contribution < 1.29 is 0 Å². The molecular formula is C15H14N6S. The summed E-state index contributed by atoms with van der Waals surface area (Å²) in [7, 11) is 0. The summed E-state index contributed by atoms with van der Waals surface area (Å²) >= 11 is 1.60. The van der Waals surface area contributed by atoms with Gasteiger partial charge in [-0.05, 0) is 40.6 Å². The maximum absolute atomic E-state index is 7.54. The van der Waals surface area contributed by atoms with E-state index in [0.29, 0.717) is 17.1 Å². The number of benzene rings is 1. The van der Waals surface area contributed by atoms with Crippen molar-refractivity contribution in [2.24, 2.45) is 0 Å². The Hall–Kier alpha value is -2.93. The van der Waals surface area contributed by atoms with E-state index in [9.17, 15) is 0 Å². The second-order valence-corrected chi connectivity index (χ2v) is 5.39. The predicted octanol–water partition coefficient (Wildman–Crippen LogP) is 3.11. The Kier molecular flexibility index (Phi) is 3.71. The van der Waals surface area contributed by atoms with Crippen molar-refractivity contribution in [1.29, 1.82) is 5.41 Å². The van der Waals surface area contributed by atoms with Crippen molar-refractivity contribution in [3.8, 4) is 11.1 Å². The Morgan fingerprint density at radius 2 is 2.09 bits per heavy atom. The number of thiophene rings is 1. The van der Waals surface area contributed by atoms with Crippen LogP contribution < -0.4 is 16.8 Å². The van der Waals surface area contributed by atoms with Crippen LogP contribution in [0.3, 0.4) is 0 Å². The third-order valence-electron chi connectivity index (χ3n) is 3.15. The summed E-state index contributed by atoms with van der Waals surface area (Å²) in [5, 5.41) is 14.7. The van der Waals surface area contributed by atoms with Crippen molar-refractivity contribution in [3.63, 3.8) is 0 Å². The minimum Gasteiger partial charge on any atom is -0.398 e. The van der Waals surface area contributed by atoms with E-state index < -0.39 is 0 Å². The lowest BCUT2D eigenvalue weighted by Gasteiger charge is -2.12. The normalized spacial score (nSPS) is 10.4. The van der Waals surface area contributed by atoms with Gasteiger partial charge in [0, 0.05) is 34.9 Å². The number of anilines is 4. The van der Waals surface area contributed by atoms with E-state index in [1.807, 2.05) is 22.9 Å². The molecular weight excluding hydrogens is 296 g/mol. The Morgan fingerprint density at radius 3 is 2.77 bits per heavy atom. The Morgan fingerprint density at radius 1 is 1.23 bits per heavy atom. The fraction of sp³-hybridized carbons (Fsp3) is 0. The molecule has 1 aromatic carbocycles. The van der Waals surface area contributed by atoms with E-state index in [-0.39, 0.29) is 5.95 Å². The van der Waals surface area contributed by atoms with Gasteiger partial charge < -0.3 is 22.2 Å². The van der Waals surface area contributed by atoms with Gasteiger partial charge in [-0.25, -0.2) is 4.98 Å². The monoisotopic (exact) mass is 310 g/mol. The smallest absolute Gasteiger partial charge is 0.221 e. The van der Waals surface area contributed by atoms with Crippen LogP contribution in [-0.4, -0.2) is 16.2 Å². The lowest BCUT2D eigenvalue weighted by Crippen LogP contribution is -2.02. The van der Waals surface area contributed by atoms with Crippen molar-refractivity contribution >= 4 is 40.7 Å². The average molecular weight is 310 g/mol. The van der Waals surface area contributed by atoms with E-state index in [0.717, 1.165) is 16.8 Å². The highest BCUT2D eigenvalue weighted by atomic mass is 32.1. The lowest BCUT2D eigenvalue weighted by atomic mass is 10.0. The summed E-state index contributed by atoms with van der Waals surface area (Å²) in [4.78, 5) is 7.97. The molecule has 0 spiro atoms. The molecule has 0 atom stereocenters. The molecule has 6 nitrogen and oxygen atoms in total. The van der Waals surface area contributed by atoms with Gasteiger partial charge in [-0.1, -0.05) is 0 Å². The zero-order chi connectivity index (χ0) is 15.5. The molecule has 0 aliphatic heterocycles. The van der Waals surface area contributed by atoms with Crippen molar-refractivity contribution in [2.75, 3.05) is 16.8 Å². The van der Waals surface area contributed by atoms with Gasteiger partial charge in [-0.3, -0.25) is 0 Å². The number of nitrogens with zero attached hydrogens (tertiary/aromatic N) is 2. The molecule has 2 heterocycles. The summed E-state index contributed by atoms with van der Waals surface area (Å²) in [6.07, 6.45) is 2.82. The molecule has 110 valence electrons. The molecule has 0 bridgehead atoms. The van der Waals surface area contributed by atoms with Crippen LogP contribution in [0.2, 0.25) is 0 Å². The number of nitrogens with one attached hydrogen (secondary N) is 2. The molecule has 7 heteroatoms. The van der Waals surface area contributed by atoms with Gasteiger partial charge >= 0.3 is 0 Å². The third-order valence-corrected chi connectivity index (χ3v) is 3.83. The first-order valence-corrected chi connectivity index (χ1v) is 7.44. The van der Waals surface area contributed by atoms with Crippen molar-refractivity contribution in [1.82, 2.24) is 9.97 Å². The van der Waals surface area contributed by atoms with Crippen LogP contribution >= 0.6 is 11.3 Å². The summed E-state index contributed by atoms with van der Waals surface area (Å²) in [5.74, 6) is 0.787. The lowest BCUT2D eigenvalue weighted by molar-refractivity contribution is 1.18. The molecule has 22 heavy (non-hydrogen) atoms. The predicted molar refractivity (Wildman–Crippen MR) is 91.8 cm³/mol. The number of hydrogen-bond donors (Lipinski definition) is 4. The van der Waals surface area contributed by atoms with Crippen LogP contribution in [0.5, 0.6) is 0 Å². The largest absolute Gasteiger partial charge is 0.398 e. The zero-order valence-corrected chi connectivity index (χ0v) is 12.4. The molecule has 3 rings (SSSR count). The van der Waals surface area contributed by atoms with Crippen LogP contribution in [0, 0.1) is 5.41 Å². The zero-order valence-electron chi connectivity index (χ0n) is 11.6. The van der Waals surface area contributed by atoms with Gasteiger partial charge in [0.25, 0.3) is 0 Å². The number of aromatic nitrogens is 2. The Balaban J connectivity index is 2.05. The number of nitrogen functional groups attached to an aromatic ring is 2. The minimum atomic E-state index is 0.200. The molecule has 0 unspecified atom stereocenters. The van der Waals surface area contributed by atoms with Gasteiger partial charge in [0.2, 0.25) is 5.95 Å². The molecule has 0 saturated carbocycles. The number of nitrogens with two attached hydrogens (primary N) is 2. The average Bonchev–Trinajstić information content (AvgIpc) is 3.03. The van der Waals surface area contributed by atoms with Gasteiger partial charge in [0.05, 0.1) is 0 Å². The second kappa shape index (κ2) is 5.82. The first-order chi connectivity index (χ1) is 10.7. The molecule has 0 saturated heterocycles. The molecule has 6 N–H and O–H groups in total. The maximum Gasteiger partial charge on any atom is 0.221 e. The fourth-order valence-corrected chi connectivity index (χ4v) is 2.77. The first-order valence-electron chi connectivity index (χ1n) is 6.49. The highest BCUT2D eigenvalue weighted by Gasteiger charge is 2.10. The summed E-state index contributed by atoms with van der Waals surface area (Å²) in [6.45, 7) is 0. The second-order valence-electron chi connectivity index (χ2n) is 4.61. The highest BCUT2D eigenvalue weighted by molar-refractivity contribution is 7.08. The van der Waals surface area contributed by atoms with Gasteiger partial charge in [0.1, 0.15) is 5.82 Å². The van der Waals surface area contributed by atoms with E-state index in [1.54, 1.807) is 29.7 Å². The number of hydrogen-bond acceptors (Lipinski definition) is 7. The van der Waals surface area contributed by atoms with Crippen LogP contribution in [0.4, 0.5) is 23.1 Å². The summed E-state index contributed by atoms with van der Waals surface area (Å²) in [6, 6.07) is 7.46. The molecule has 2 aromatic heterocycles. The highest BCUT2D eigenvalue weighted by Crippen LogP contribution is 2.33. The standard InChI is InChI=1S/C15H14N6S/c16-7-10-5-11(20-13-1-3-19-15(18)21-13)6-12(14(10)17)9-2-4-22-8-9/h1-8,16H,17H2,(H3,18,19,20,21). The molecule has 0 amide bonds. The van der Waals surface area contributed by atoms with Gasteiger partial charge in [-0.15, -0.1) is 0 Å². The van der Waals surface area contributed by atoms with Crippen molar-refractivity contribution in [2.45, 2.75) is 0 Å². The van der Waals surface area contributed by atoms with Crippen LogP contribution in [0.1, 0.15) is 5.56 Å². The van der Waals surface area contributed by atoms with E-state index in [2.05, 4.69) is 15.3 Å². The number of rotatable bonds is 4. The fourth-order valence-electron chi connectivity index (χ4n) is 2.12. The maximum atomic E-state index is 7.54. The quantitative estimate of drug-likeness (QED) is 0.437. The van der Waals surface area contributed by atoms with Crippen LogP contribution in [0.15, 0.2) is 41.2 Å². The molecule has 0 aliphatic carbocycles. The van der Waals surface area contributed by atoms with Crippen LogP contribution in [-0.2, 0) is 0 Å². The first kappa shape index (κ1) is 14.0. The molecule has 3 aromatic rings. The van der Waals surface area contributed by atoms with Gasteiger partial charge in [-0.2, -0.15) is 16.3 Å². The van der Waals surface area contributed by atoms with E-state index in [1.165, 1.54) is 6.21 Å². The van der Waals surface area contributed by atoms with Crippen LogP contribution in [0.25, 0.3) is 11.1 Å².